The standard InChI is InChI=1S/C23H21N5O3S2/c1-15-6-3-4-7-17(15)14-33-23-26-25-21(16(2)24-22(29)20-8-5-13-32-20)27(23)18-9-11-19(12-10-18)28(30)31/h3-13,16H,14H2,1-2H3,(H,24,29). The van der Waals surface area contributed by atoms with Crippen molar-refractivity contribution in [3.8, 4) is 5.69 Å². The number of amides is 1. The molecule has 0 fully saturated rings. The molecule has 1 amide bonds. The Balaban J connectivity index is 1.66. The van der Waals surface area contributed by atoms with Crippen molar-refractivity contribution in [2.45, 2.75) is 30.8 Å². The Morgan fingerprint density at radius 2 is 1.91 bits per heavy atom. The molecule has 1 atom stereocenters. The molecule has 0 bridgehead atoms. The number of benzene rings is 2. The van der Waals surface area contributed by atoms with Crippen molar-refractivity contribution < 1.29 is 9.72 Å². The summed E-state index contributed by atoms with van der Waals surface area (Å²) >= 11 is 2.88. The summed E-state index contributed by atoms with van der Waals surface area (Å²) in [6.07, 6.45) is 0. The molecular weight excluding hydrogens is 458 g/mol. The van der Waals surface area contributed by atoms with Crippen molar-refractivity contribution in [3.63, 3.8) is 0 Å². The van der Waals surface area contributed by atoms with Crippen molar-refractivity contribution in [1.29, 1.82) is 0 Å². The van der Waals surface area contributed by atoms with Crippen LogP contribution in [0.25, 0.3) is 5.69 Å². The lowest BCUT2D eigenvalue weighted by Gasteiger charge is -2.16. The van der Waals surface area contributed by atoms with E-state index in [0.29, 0.717) is 27.3 Å². The number of hydrogen-bond donors (Lipinski definition) is 1. The molecule has 2 aromatic carbocycles. The van der Waals surface area contributed by atoms with Crippen molar-refractivity contribution in [3.05, 3.63) is 98.0 Å². The number of aromatic nitrogens is 3. The van der Waals surface area contributed by atoms with E-state index in [1.54, 1.807) is 18.2 Å². The van der Waals surface area contributed by atoms with Crippen LogP contribution in [0.1, 0.15) is 39.6 Å². The summed E-state index contributed by atoms with van der Waals surface area (Å²) < 4.78 is 1.84. The highest BCUT2D eigenvalue weighted by Crippen LogP contribution is 2.29. The van der Waals surface area contributed by atoms with Crippen LogP contribution in [0.15, 0.2) is 71.2 Å². The predicted molar refractivity (Wildman–Crippen MR) is 129 cm³/mol. The highest BCUT2D eigenvalue weighted by Gasteiger charge is 2.22. The van der Waals surface area contributed by atoms with E-state index in [0.717, 1.165) is 0 Å². The van der Waals surface area contributed by atoms with Gasteiger partial charge in [0.15, 0.2) is 11.0 Å². The third-order valence-corrected chi connectivity index (χ3v) is 6.92. The molecule has 0 radical (unpaired) electrons. The number of nitro benzene ring substituents is 1. The number of nitrogens with one attached hydrogen (secondary N) is 1. The zero-order valence-electron chi connectivity index (χ0n) is 18.0. The van der Waals surface area contributed by atoms with E-state index < -0.39 is 11.0 Å². The summed E-state index contributed by atoms with van der Waals surface area (Å²) in [6.45, 7) is 3.90. The van der Waals surface area contributed by atoms with Gasteiger partial charge in [0.1, 0.15) is 0 Å². The monoisotopic (exact) mass is 479 g/mol. The number of carbonyl (C=O) groups is 1. The highest BCUT2D eigenvalue weighted by molar-refractivity contribution is 7.98. The molecule has 4 rings (SSSR count). The van der Waals surface area contributed by atoms with Crippen LogP contribution in [0.3, 0.4) is 0 Å². The number of thiophene rings is 1. The molecule has 0 aliphatic rings. The molecule has 10 heteroatoms. The number of nitrogens with zero attached hydrogens (tertiary/aromatic N) is 4. The van der Waals surface area contributed by atoms with Crippen LogP contribution in [0, 0.1) is 17.0 Å². The summed E-state index contributed by atoms with van der Waals surface area (Å²) in [5.74, 6) is 1.04. The second-order valence-electron chi connectivity index (χ2n) is 7.34. The van der Waals surface area contributed by atoms with Gasteiger partial charge in [-0.25, -0.2) is 0 Å². The summed E-state index contributed by atoms with van der Waals surface area (Å²) in [7, 11) is 0. The molecule has 8 nitrogen and oxygen atoms in total. The van der Waals surface area contributed by atoms with E-state index >= 15 is 0 Å². The first kappa shape index (κ1) is 22.7. The maximum absolute atomic E-state index is 12.6. The molecular formula is C23H21N5O3S2. The van der Waals surface area contributed by atoms with Gasteiger partial charge in [-0.2, -0.15) is 0 Å². The molecule has 2 heterocycles. The SMILES string of the molecule is Cc1ccccc1CSc1nnc(C(C)NC(=O)c2cccs2)n1-c1ccc([N+](=O)[O-])cc1. The fourth-order valence-corrected chi connectivity index (χ4v) is 4.94. The summed E-state index contributed by atoms with van der Waals surface area (Å²) in [4.78, 5) is 23.8. The summed E-state index contributed by atoms with van der Waals surface area (Å²) in [5.41, 5.74) is 3.05. The van der Waals surface area contributed by atoms with E-state index in [1.807, 2.05) is 35.1 Å². The maximum Gasteiger partial charge on any atom is 0.269 e. The Morgan fingerprint density at radius 1 is 1.15 bits per heavy atom. The largest absolute Gasteiger partial charge is 0.342 e. The van der Waals surface area contributed by atoms with Crippen LogP contribution in [-0.2, 0) is 5.75 Å². The molecule has 1 N–H and O–H groups in total. The van der Waals surface area contributed by atoms with Gasteiger partial charge in [0.05, 0.1) is 15.8 Å². The minimum atomic E-state index is -0.436. The first-order valence-electron chi connectivity index (χ1n) is 10.2. The summed E-state index contributed by atoms with van der Waals surface area (Å²) in [6, 6.07) is 17.5. The fraction of sp³-hybridized carbons (Fsp3) is 0.174. The molecule has 33 heavy (non-hydrogen) atoms. The van der Waals surface area contributed by atoms with Gasteiger partial charge in [-0.3, -0.25) is 19.5 Å². The first-order chi connectivity index (χ1) is 15.9. The van der Waals surface area contributed by atoms with E-state index in [2.05, 4.69) is 34.6 Å². The van der Waals surface area contributed by atoms with Crippen LogP contribution < -0.4 is 5.32 Å². The van der Waals surface area contributed by atoms with Crippen molar-refractivity contribution >= 4 is 34.7 Å². The molecule has 4 aromatic rings. The van der Waals surface area contributed by atoms with Crippen LogP contribution in [0.5, 0.6) is 0 Å². The highest BCUT2D eigenvalue weighted by atomic mass is 32.2. The van der Waals surface area contributed by atoms with Crippen LogP contribution in [-0.4, -0.2) is 25.6 Å². The fourth-order valence-electron chi connectivity index (χ4n) is 3.28. The minimum Gasteiger partial charge on any atom is -0.342 e. The average Bonchev–Trinajstić information content (AvgIpc) is 3.49. The predicted octanol–water partition coefficient (Wildman–Crippen LogP) is 5.33. The molecule has 0 saturated carbocycles. The Kier molecular flexibility index (Phi) is 6.85. The van der Waals surface area contributed by atoms with Gasteiger partial charge in [-0.15, -0.1) is 21.5 Å². The van der Waals surface area contributed by atoms with Crippen LogP contribution >= 0.6 is 23.1 Å². The van der Waals surface area contributed by atoms with E-state index in [1.165, 1.54) is 46.4 Å². The number of thioether (sulfide) groups is 1. The lowest BCUT2D eigenvalue weighted by Crippen LogP contribution is -2.28. The molecule has 0 aliphatic heterocycles. The zero-order chi connectivity index (χ0) is 23.4. The number of nitro groups is 1. The maximum atomic E-state index is 12.6. The molecule has 168 valence electrons. The quantitative estimate of drug-likeness (QED) is 0.208. The average molecular weight is 480 g/mol. The van der Waals surface area contributed by atoms with E-state index in [4.69, 9.17) is 0 Å². The second-order valence-corrected chi connectivity index (χ2v) is 9.23. The minimum absolute atomic E-state index is 0.00142. The van der Waals surface area contributed by atoms with Crippen LogP contribution in [0.4, 0.5) is 5.69 Å². The lowest BCUT2D eigenvalue weighted by molar-refractivity contribution is -0.384. The van der Waals surface area contributed by atoms with Gasteiger partial charge in [-0.1, -0.05) is 42.1 Å². The Morgan fingerprint density at radius 3 is 2.58 bits per heavy atom. The number of aryl methyl sites for hydroxylation is 1. The van der Waals surface area contributed by atoms with Gasteiger partial charge >= 0.3 is 0 Å². The molecule has 0 spiro atoms. The summed E-state index contributed by atoms with van der Waals surface area (Å²) in [5, 5.41) is 25.3. The molecule has 2 aromatic heterocycles. The number of hydrogen-bond acceptors (Lipinski definition) is 7. The lowest BCUT2D eigenvalue weighted by atomic mass is 10.1. The van der Waals surface area contributed by atoms with Gasteiger partial charge in [0.25, 0.3) is 11.6 Å². The van der Waals surface area contributed by atoms with Gasteiger partial charge in [0, 0.05) is 23.6 Å². The third kappa shape index (κ3) is 5.12. The third-order valence-electron chi connectivity index (χ3n) is 5.08. The van der Waals surface area contributed by atoms with E-state index in [9.17, 15) is 14.9 Å². The Labute approximate surface area is 198 Å². The normalized spacial score (nSPS) is 11.8. The van der Waals surface area contributed by atoms with Gasteiger partial charge < -0.3 is 5.32 Å². The Hall–Kier alpha value is -3.50. The molecule has 1 unspecified atom stereocenters. The number of rotatable bonds is 8. The number of carbonyl (C=O) groups excluding carboxylic acids is 1. The van der Waals surface area contributed by atoms with Crippen LogP contribution in [0.2, 0.25) is 0 Å². The molecule has 0 aliphatic carbocycles. The zero-order valence-corrected chi connectivity index (χ0v) is 19.6. The first-order valence-corrected chi connectivity index (χ1v) is 12.0. The molecule has 0 saturated heterocycles. The smallest absolute Gasteiger partial charge is 0.269 e. The second kappa shape index (κ2) is 9.97. The van der Waals surface area contributed by atoms with Crippen molar-refractivity contribution in [2.75, 3.05) is 0 Å². The van der Waals surface area contributed by atoms with E-state index in [-0.39, 0.29) is 11.6 Å². The van der Waals surface area contributed by atoms with Crippen molar-refractivity contribution in [2.24, 2.45) is 0 Å². The Bertz CT molecular complexity index is 1270. The van der Waals surface area contributed by atoms with Gasteiger partial charge in [-0.05, 0) is 48.6 Å². The van der Waals surface area contributed by atoms with Crippen molar-refractivity contribution in [1.82, 2.24) is 20.1 Å². The topological polar surface area (TPSA) is 103 Å². The number of non-ortho nitro benzene ring substituents is 1. The van der Waals surface area contributed by atoms with Gasteiger partial charge in [0.2, 0.25) is 0 Å².